The summed E-state index contributed by atoms with van der Waals surface area (Å²) in [4.78, 5) is 4.45. The van der Waals surface area contributed by atoms with Gasteiger partial charge in [-0.15, -0.1) is 0 Å². The summed E-state index contributed by atoms with van der Waals surface area (Å²) in [5.41, 5.74) is 1.43. The monoisotopic (exact) mass is 193 g/mol. The quantitative estimate of drug-likeness (QED) is 0.782. The van der Waals surface area contributed by atoms with E-state index in [1.807, 2.05) is 7.05 Å². The molecule has 3 nitrogen and oxygen atoms in total. The summed E-state index contributed by atoms with van der Waals surface area (Å²) in [6, 6.07) is 0. The maximum absolute atomic E-state index is 4.45. The first-order valence-corrected chi connectivity index (χ1v) is 5.53. The number of aromatic nitrogens is 2. The summed E-state index contributed by atoms with van der Waals surface area (Å²) in [5.74, 6) is 2.04. The van der Waals surface area contributed by atoms with E-state index in [2.05, 4.69) is 28.0 Å². The van der Waals surface area contributed by atoms with Gasteiger partial charge in [0.05, 0.1) is 0 Å². The van der Waals surface area contributed by atoms with Gasteiger partial charge in [0.1, 0.15) is 5.82 Å². The Bertz CT molecular complexity index is 290. The minimum atomic E-state index is 0.784. The number of hydrogen-bond donors (Lipinski definition) is 1. The Kier molecular flexibility index (Phi) is 2.87. The molecule has 0 aliphatic carbocycles. The van der Waals surface area contributed by atoms with Gasteiger partial charge in [-0.2, -0.15) is 0 Å². The van der Waals surface area contributed by atoms with Crippen LogP contribution in [0.3, 0.4) is 0 Å². The number of imidazole rings is 1. The van der Waals surface area contributed by atoms with E-state index in [1.165, 1.54) is 24.4 Å². The first-order valence-electron chi connectivity index (χ1n) is 5.53. The van der Waals surface area contributed by atoms with Crippen LogP contribution in [0.25, 0.3) is 0 Å². The molecule has 3 heteroatoms. The molecule has 0 saturated heterocycles. The Morgan fingerprint density at radius 1 is 1.64 bits per heavy atom. The molecule has 0 amide bonds. The summed E-state index contributed by atoms with van der Waals surface area (Å²) in [7, 11) is 2.03. The van der Waals surface area contributed by atoms with Gasteiger partial charge in [-0.05, 0) is 32.4 Å². The normalized spacial score (nSPS) is 20.9. The van der Waals surface area contributed by atoms with Crippen molar-refractivity contribution in [2.45, 2.75) is 32.7 Å². The minimum Gasteiger partial charge on any atom is -0.332 e. The van der Waals surface area contributed by atoms with E-state index in [4.69, 9.17) is 0 Å². The van der Waals surface area contributed by atoms with E-state index in [1.54, 1.807) is 0 Å². The van der Waals surface area contributed by atoms with Gasteiger partial charge in [0.2, 0.25) is 0 Å². The van der Waals surface area contributed by atoms with Gasteiger partial charge >= 0.3 is 0 Å². The van der Waals surface area contributed by atoms with Crippen LogP contribution in [0.2, 0.25) is 0 Å². The van der Waals surface area contributed by atoms with Crippen molar-refractivity contribution in [3.05, 3.63) is 17.7 Å². The second-order valence-corrected chi connectivity index (χ2v) is 4.09. The van der Waals surface area contributed by atoms with Crippen LogP contribution in [0, 0.1) is 5.92 Å². The van der Waals surface area contributed by atoms with E-state index < -0.39 is 0 Å². The third kappa shape index (κ3) is 1.69. The van der Waals surface area contributed by atoms with Gasteiger partial charge in [-0.1, -0.05) is 6.92 Å². The lowest BCUT2D eigenvalue weighted by Crippen LogP contribution is -2.28. The standard InChI is InChI=1S/C11H19N3/c1-3-11-13-7-10-5-4-9(6-12-2)8-14(10)11/h7,9,12H,3-6,8H2,1-2H3. The van der Waals surface area contributed by atoms with Crippen molar-refractivity contribution in [1.29, 1.82) is 0 Å². The van der Waals surface area contributed by atoms with Crippen molar-refractivity contribution in [2.24, 2.45) is 5.92 Å². The van der Waals surface area contributed by atoms with Crippen LogP contribution in [0.15, 0.2) is 6.20 Å². The van der Waals surface area contributed by atoms with E-state index in [9.17, 15) is 0 Å². The van der Waals surface area contributed by atoms with Crippen LogP contribution in [0.1, 0.15) is 24.9 Å². The van der Waals surface area contributed by atoms with Crippen LogP contribution in [-0.4, -0.2) is 23.1 Å². The highest BCUT2D eigenvalue weighted by Crippen LogP contribution is 2.21. The van der Waals surface area contributed by atoms with Gasteiger partial charge in [0.15, 0.2) is 0 Å². The van der Waals surface area contributed by atoms with Crippen LogP contribution in [0.4, 0.5) is 0 Å². The Balaban J connectivity index is 2.14. The van der Waals surface area contributed by atoms with Crippen molar-refractivity contribution < 1.29 is 0 Å². The van der Waals surface area contributed by atoms with E-state index in [0.29, 0.717) is 0 Å². The molecule has 0 saturated carbocycles. The lowest BCUT2D eigenvalue weighted by Gasteiger charge is -2.25. The van der Waals surface area contributed by atoms with Crippen LogP contribution < -0.4 is 5.32 Å². The molecule has 1 unspecified atom stereocenters. The largest absolute Gasteiger partial charge is 0.332 e. The first-order chi connectivity index (χ1) is 6.85. The first kappa shape index (κ1) is 9.71. The highest BCUT2D eigenvalue weighted by Gasteiger charge is 2.19. The van der Waals surface area contributed by atoms with E-state index in [0.717, 1.165) is 25.4 Å². The Labute approximate surface area is 85.5 Å². The lowest BCUT2D eigenvalue weighted by molar-refractivity contribution is 0.354. The molecule has 1 aromatic heterocycles. The summed E-state index contributed by atoms with van der Waals surface area (Å²) in [6.45, 7) is 4.46. The Hall–Kier alpha value is -0.830. The molecule has 2 heterocycles. The lowest BCUT2D eigenvalue weighted by atomic mass is 9.98. The summed E-state index contributed by atoms with van der Waals surface area (Å²) in [6.07, 6.45) is 5.59. The zero-order valence-electron chi connectivity index (χ0n) is 9.08. The van der Waals surface area contributed by atoms with E-state index in [-0.39, 0.29) is 0 Å². The van der Waals surface area contributed by atoms with Crippen LogP contribution in [-0.2, 0) is 19.4 Å². The summed E-state index contributed by atoms with van der Waals surface area (Å²) >= 11 is 0. The SMILES string of the molecule is CCc1ncc2n1CC(CNC)CC2. The molecule has 2 rings (SSSR count). The molecule has 1 atom stereocenters. The molecule has 14 heavy (non-hydrogen) atoms. The highest BCUT2D eigenvalue weighted by atomic mass is 15.1. The second kappa shape index (κ2) is 4.13. The number of nitrogens with zero attached hydrogens (tertiary/aromatic N) is 2. The number of rotatable bonds is 3. The van der Waals surface area contributed by atoms with E-state index >= 15 is 0 Å². The zero-order valence-corrected chi connectivity index (χ0v) is 9.08. The summed E-state index contributed by atoms with van der Waals surface area (Å²) < 4.78 is 2.41. The average molecular weight is 193 g/mol. The molecule has 1 aromatic rings. The fourth-order valence-corrected chi connectivity index (χ4v) is 2.32. The Morgan fingerprint density at radius 2 is 2.50 bits per heavy atom. The highest BCUT2D eigenvalue weighted by molar-refractivity contribution is 5.08. The van der Waals surface area contributed by atoms with Gasteiger partial charge < -0.3 is 9.88 Å². The van der Waals surface area contributed by atoms with Crippen molar-refractivity contribution in [3.8, 4) is 0 Å². The fourth-order valence-electron chi connectivity index (χ4n) is 2.32. The number of nitrogens with one attached hydrogen (secondary N) is 1. The second-order valence-electron chi connectivity index (χ2n) is 4.09. The van der Waals surface area contributed by atoms with Gasteiger partial charge in [-0.3, -0.25) is 0 Å². The minimum absolute atomic E-state index is 0.784. The smallest absolute Gasteiger partial charge is 0.108 e. The maximum Gasteiger partial charge on any atom is 0.108 e. The molecule has 0 bridgehead atoms. The average Bonchev–Trinajstić information content (AvgIpc) is 2.60. The number of aryl methyl sites for hydroxylation is 2. The van der Waals surface area contributed by atoms with Crippen molar-refractivity contribution >= 4 is 0 Å². The molecule has 1 aliphatic heterocycles. The molecule has 0 aromatic carbocycles. The summed E-state index contributed by atoms with van der Waals surface area (Å²) in [5, 5.41) is 3.26. The molecular weight excluding hydrogens is 174 g/mol. The van der Waals surface area contributed by atoms with Crippen molar-refractivity contribution in [3.63, 3.8) is 0 Å². The van der Waals surface area contributed by atoms with Gasteiger partial charge in [-0.25, -0.2) is 4.98 Å². The maximum atomic E-state index is 4.45. The predicted octanol–water partition coefficient (Wildman–Crippen LogP) is 1.23. The molecule has 0 radical (unpaired) electrons. The third-order valence-electron chi connectivity index (χ3n) is 3.08. The van der Waals surface area contributed by atoms with Gasteiger partial charge in [0.25, 0.3) is 0 Å². The molecule has 1 N–H and O–H groups in total. The van der Waals surface area contributed by atoms with Crippen molar-refractivity contribution in [2.75, 3.05) is 13.6 Å². The van der Waals surface area contributed by atoms with Crippen LogP contribution >= 0.6 is 0 Å². The number of hydrogen-bond acceptors (Lipinski definition) is 2. The predicted molar refractivity (Wildman–Crippen MR) is 57.3 cm³/mol. The molecule has 78 valence electrons. The van der Waals surface area contributed by atoms with Crippen molar-refractivity contribution in [1.82, 2.24) is 14.9 Å². The number of fused-ring (bicyclic) bond motifs is 1. The fraction of sp³-hybridized carbons (Fsp3) is 0.727. The molecule has 0 fully saturated rings. The molecular formula is C11H19N3. The van der Waals surface area contributed by atoms with Gasteiger partial charge in [0, 0.05) is 24.9 Å². The zero-order chi connectivity index (χ0) is 9.97. The molecule has 1 aliphatic rings. The third-order valence-corrected chi connectivity index (χ3v) is 3.08. The topological polar surface area (TPSA) is 29.9 Å². The van der Waals surface area contributed by atoms with Crippen LogP contribution in [0.5, 0.6) is 0 Å². The molecule has 0 spiro atoms. The Morgan fingerprint density at radius 3 is 3.21 bits per heavy atom.